The summed E-state index contributed by atoms with van der Waals surface area (Å²) in [6, 6.07) is 4.06. The minimum Gasteiger partial charge on any atom is -0.448 e. The van der Waals surface area contributed by atoms with E-state index in [0.717, 1.165) is 25.3 Å². The molecule has 4 nitrogen and oxygen atoms in total. The van der Waals surface area contributed by atoms with Crippen molar-refractivity contribution in [1.82, 2.24) is 10.2 Å². The van der Waals surface area contributed by atoms with Gasteiger partial charge >= 0.3 is 0 Å². The third-order valence-electron chi connectivity index (χ3n) is 3.73. The SMILES string of the molecule is CCC(=O)N1CC[C@@H](NCc2ccc(Cl)o2)[C@H](C)C1. The smallest absolute Gasteiger partial charge is 0.222 e. The lowest BCUT2D eigenvalue weighted by Gasteiger charge is -2.37. The van der Waals surface area contributed by atoms with Gasteiger partial charge in [0, 0.05) is 25.6 Å². The number of nitrogens with zero attached hydrogens (tertiary/aromatic N) is 1. The van der Waals surface area contributed by atoms with Crippen LogP contribution in [-0.2, 0) is 11.3 Å². The molecule has 2 atom stereocenters. The Hall–Kier alpha value is -1.00. The van der Waals surface area contributed by atoms with Crippen LogP contribution in [-0.4, -0.2) is 29.9 Å². The van der Waals surface area contributed by atoms with Crippen molar-refractivity contribution in [3.8, 4) is 0 Å². The summed E-state index contributed by atoms with van der Waals surface area (Å²) >= 11 is 5.74. The largest absolute Gasteiger partial charge is 0.448 e. The molecule has 2 rings (SSSR count). The van der Waals surface area contributed by atoms with Crippen LogP contribution >= 0.6 is 11.6 Å². The highest BCUT2D eigenvalue weighted by Crippen LogP contribution is 2.19. The molecule has 0 saturated carbocycles. The van der Waals surface area contributed by atoms with E-state index in [1.807, 2.05) is 17.9 Å². The molecular weight excluding hydrogens is 264 g/mol. The van der Waals surface area contributed by atoms with Crippen molar-refractivity contribution in [1.29, 1.82) is 0 Å². The number of amides is 1. The molecule has 19 heavy (non-hydrogen) atoms. The highest BCUT2D eigenvalue weighted by Gasteiger charge is 2.27. The minimum absolute atomic E-state index is 0.253. The predicted octanol–water partition coefficient (Wildman–Crippen LogP) is 2.67. The van der Waals surface area contributed by atoms with E-state index in [1.54, 1.807) is 6.07 Å². The normalized spacial score (nSPS) is 23.6. The lowest BCUT2D eigenvalue weighted by Crippen LogP contribution is -2.49. The van der Waals surface area contributed by atoms with Crippen molar-refractivity contribution < 1.29 is 9.21 Å². The number of rotatable bonds is 4. The van der Waals surface area contributed by atoms with E-state index in [0.29, 0.717) is 30.1 Å². The van der Waals surface area contributed by atoms with E-state index in [2.05, 4.69) is 12.2 Å². The van der Waals surface area contributed by atoms with Crippen molar-refractivity contribution >= 4 is 17.5 Å². The summed E-state index contributed by atoms with van der Waals surface area (Å²) in [6.45, 7) is 6.46. The zero-order valence-electron chi connectivity index (χ0n) is 11.5. The Morgan fingerprint density at radius 1 is 1.58 bits per heavy atom. The number of hydrogen-bond acceptors (Lipinski definition) is 3. The standard InChI is InChI=1S/C14H21ClN2O2/c1-3-14(18)17-7-6-12(10(2)9-17)16-8-11-4-5-13(15)19-11/h4-5,10,12,16H,3,6-9H2,1-2H3/t10-,12-/m1/s1. The van der Waals surface area contributed by atoms with E-state index in [4.69, 9.17) is 16.0 Å². The van der Waals surface area contributed by atoms with Gasteiger partial charge in [-0.25, -0.2) is 0 Å². The van der Waals surface area contributed by atoms with Crippen LogP contribution in [0.1, 0.15) is 32.4 Å². The van der Waals surface area contributed by atoms with Crippen LogP contribution in [0.15, 0.2) is 16.5 Å². The second kappa shape index (κ2) is 6.44. The van der Waals surface area contributed by atoms with E-state index in [-0.39, 0.29) is 5.91 Å². The molecule has 1 amide bonds. The molecule has 5 heteroatoms. The first-order chi connectivity index (χ1) is 9.10. The monoisotopic (exact) mass is 284 g/mol. The fourth-order valence-electron chi connectivity index (χ4n) is 2.58. The maximum absolute atomic E-state index is 11.7. The zero-order chi connectivity index (χ0) is 13.8. The number of piperidine rings is 1. The van der Waals surface area contributed by atoms with Gasteiger partial charge in [0.2, 0.25) is 5.91 Å². The highest BCUT2D eigenvalue weighted by atomic mass is 35.5. The van der Waals surface area contributed by atoms with Gasteiger partial charge in [-0.05, 0) is 36.1 Å². The third-order valence-corrected chi connectivity index (χ3v) is 3.93. The Bertz CT molecular complexity index is 433. The van der Waals surface area contributed by atoms with Gasteiger partial charge in [0.15, 0.2) is 5.22 Å². The fraction of sp³-hybridized carbons (Fsp3) is 0.643. The van der Waals surface area contributed by atoms with Crippen LogP contribution in [0, 0.1) is 5.92 Å². The van der Waals surface area contributed by atoms with Gasteiger partial charge in [-0.1, -0.05) is 13.8 Å². The number of nitrogens with one attached hydrogen (secondary N) is 1. The summed E-state index contributed by atoms with van der Waals surface area (Å²) in [5, 5.41) is 3.91. The van der Waals surface area contributed by atoms with Crippen LogP contribution in [0.3, 0.4) is 0 Å². The van der Waals surface area contributed by atoms with E-state index in [1.165, 1.54) is 0 Å². The summed E-state index contributed by atoms with van der Waals surface area (Å²) < 4.78 is 5.32. The lowest BCUT2D eigenvalue weighted by atomic mass is 9.93. The minimum atomic E-state index is 0.253. The number of halogens is 1. The summed E-state index contributed by atoms with van der Waals surface area (Å²) in [5.74, 6) is 1.56. The van der Waals surface area contributed by atoms with Crippen molar-refractivity contribution in [3.63, 3.8) is 0 Å². The first-order valence-electron chi connectivity index (χ1n) is 6.85. The summed E-state index contributed by atoms with van der Waals surface area (Å²) in [6.07, 6.45) is 1.58. The Labute approximate surface area is 119 Å². The van der Waals surface area contributed by atoms with E-state index >= 15 is 0 Å². The summed E-state index contributed by atoms with van der Waals surface area (Å²) in [4.78, 5) is 13.6. The molecule has 1 fully saturated rings. The van der Waals surface area contributed by atoms with Crippen molar-refractivity contribution in [2.24, 2.45) is 5.92 Å². The number of carbonyl (C=O) groups is 1. The van der Waals surface area contributed by atoms with Gasteiger partial charge in [-0.3, -0.25) is 4.79 Å². The molecule has 0 bridgehead atoms. The van der Waals surface area contributed by atoms with Crippen LogP contribution in [0.2, 0.25) is 5.22 Å². The zero-order valence-corrected chi connectivity index (χ0v) is 12.2. The van der Waals surface area contributed by atoms with E-state index in [9.17, 15) is 4.79 Å². The van der Waals surface area contributed by atoms with Gasteiger partial charge in [0.1, 0.15) is 5.76 Å². The Kier molecular flexibility index (Phi) is 4.88. The average Bonchev–Trinajstić information content (AvgIpc) is 2.82. The molecule has 1 saturated heterocycles. The second-order valence-corrected chi connectivity index (χ2v) is 5.53. The molecule has 2 heterocycles. The topological polar surface area (TPSA) is 45.5 Å². The molecule has 0 aliphatic carbocycles. The van der Waals surface area contributed by atoms with Gasteiger partial charge in [0.25, 0.3) is 0 Å². The first kappa shape index (κ1) is 14.4. The molecule has 1 aromatic rings. The molecule has 1 aliphatic rings. The van der Waals surface area contributed by atoms with Crippen LogP contribution in [0.4, 0.5) is 0 Å². The fourth-order valence-corrected chi connectivity index (χ4v) is 2.74. The first-order valence-corrected chi connectivity index (χ1v) is 7.23. The number of likely N-dealkylation sites (tertiary alicyclic amines) is 1. The van der Waals surface area contributed by atoms with Gasteiger partial charge < -0.3 is 14.6 Å². The van der Waals surface area contributed by atoms with Crippen molar-refractivity contribution in [3.05, 3.63) is 23.1 Å². The average molecular weight is 285 g/mol. The van der Waals surface area contributed by atoms with Gasteiger partial charge in [-0.2, -0.15) is 0 Å². The highest BCUT2D eigenvalue weighted by molar-refractivity contribution is 6.28. The molecule has 1 N–H and O–H groups in total. The number of carbonyl (C=O) groups excluding carboxylic acids is 1. The van der Waals surface area contributed by atoms with Crippen LogP contribution in [0.5, 0.6) is 0 Å². The van der Waals surface area contributed by atoms with E-state index < -0.39 is 0 Å². The lowest BCUT2D eigenvalue weighted by molar-refractivity contribution is -0.132. The predicted molar refractivity (Wildman–Crippen MR) is 75.0 cm³/mol. The quantitative estimate of drug-likeness (QED) is 0.925. The molecule has 106 valence electrons. The number of hydrogen-bond donors (Lipinski definition) is 1. The molecule has 0 unspecified atom stereocenters. The van der Waals surface area contributed by atoms with Gasteiger partial charge in [-0.15, -0.1) is 0 Å². The Morgan fingerprint density at radius 3 is 2.95 bits per heavy atom. The Morgan fingerprint density at radius 2 is 2.37 bits per heavy atom. The van der Waals surface area contributed by atoms with Crippen molar-refractivity contribution in [2.75, 3.05) is 13.1 Å². The molecule has 0 aromatic carbocycles. The summed E-state index contributed by atoms with van der Waals surface area (Å²) in [5.41, 5.74) is 0. The van der Waals surface area contributed by atoms with Gasteiger partial charge in [0.05, 0.1) is 6.54 Å². The maximum atomic E-state index is 11.7. The number of furan rings is 1. The molecule has 1 aliphatic heterocycles. The Balaban J connectivity index is 1.81. The second-order valence-electron chi connectivity index (χ2n) is 5.15. The molecule has 0 radical (unpaired) electrons. The van der Waals surface area contributed by atoms with Crippen molar-refractivity contribution in [2.45, 2.75) is 39.3 Å². The third kappa shape index (κ3) is 3.74. The molecular formula is C14H21ClN2O2. The maximum Gasteiger partial charge on any atom is 0.222 e. The van der Waals surface area contributed by atoms with Crippen LogP contribution < -0.4 is 5.32 Å². The van der Waals surface area contributed by atoms with Crippen LogP contribution in [0.25, 0.3) is 0 Å². The molecule has 1 aromatic heterocycles. The molecule has 0 spiro atoms. The summed E-state index contributed by atoms with van der Waals surface area (Å²) in [7, 11) is 0.